The molecule has 1 N–H and O–H groups in total. The number of pyridine rings is 1. The van der Waals surface area contributed by atoms with E-state index >= 15 is 0 Å². The SMILES string of the molecule is CCCN(CCC)c1cc(N2CCCC2=O)c2nc(C(=O)OC)c(O)c(=O)n2c1. The highest BCUT2D eigenvalue weighted by atomic mass is 16.5. The number of hydrogen-bond acceptors (Lipinski definition) is 7. The number of esters is 1. The van der Waals surface area contributed by atoms with Gasteiger partial charge < -0.3 is 19.6 Å². The maximum Gasteiger partial charge on any atom is 0.360 e. The highest BCUT2D eigenvalue weighted by molar-refractivity contribution is 6.00. The van der Waals surface area contributed by atoms with Crippen LogP contribution >= 0.6 is 0 Å². The van der Waals surface area contributed by atoms with E-state index in [0.717, 1.165) is 38.7 Å². The first-order valence-corrected chi connectivity index (χ1v) is 9.85. The highest BCUT2D eigenvalue weighted by Gasteiger charge is 2.28. The molecule has 3 heterocycles. The topological polar surface area (TPSA) is 104 Å². The highest BCUT2D eigenvalue weighted by Crippen LogP contribution is 2.30. The molecular weight excluding hydrogens is 376 g/mol. The molecule has 0 atom stereocenters. The zero-order valence-electron chi connectivity index (χ0n) is 17.0. The third kappa shape index (κ3) is 3.76. The van der Waals surface area contributed by atoms with Crippen molar-refractivity contribution in [1.29, 1.82) is 0 Å². The monoisotopic (exact) mass is 402 g/mol. The van der Waals surface area contributed by atoms with Crippen molar-refractivity contribution in [3.8, 4) is 5.75 Å². The zero-order chi connectivity index (χ0) is 21.1. The summed E-state index contributed by atoms with van der Waals surface area (Å²) in [7, 11) is 1.15. The smallest absolute Gasteiger partial charge is 0.360 e. The van der Waals surface area contributed by atoms with Crippen molar-refractivity contribution in [3.63, 3.8) is 0 Å². The van der Waals surface area contributed by atoms with E-state index in [2.05, 4.69) is 28.5 Å². The van der Waals surface area contributed by atoms with Crippen molar-refractivity contribution < 1.29 is 19.4 Å². The van der Waals surface area contributed by atoms with E-state index < -0.39 is 23.0 Å². The number of carbonyl (C=O) groups is 2. The van der Waals surface area contributed by atoms with Gasteiger partial charge in [0.25, 0.3) is 0 Å². The molecule has 3 rings (SSSR count). The third-order valence-corrected chi connectivity index (χ3v) is 4.96. The minimum absolute atomic E-state index is 0.0662. The third-order valence-electron chi connectivity index (χ3n) is 4.96. The molecule has 0 bridgehead atoms. The molecule has 2 aromatic heterocycles. The van der Waals surface area contributed by atoms with Crippen molar-refractivity contribution in [2.75, 3.05) is 36.5 Å². The number of methoxy groups -OCH3 is 1. The molecule has 1 amide bonds. The zero-order valence-corrected chi connectivity index (χ0v) is 17.0. The first kappa shape index (κ1) is 20.6. The average Bonchev–Trinajstić information content (AvgIpc) is 3.15. The van der Waals surface area contributed by atoms with Gasteiger partial charge in [-0.1, -0.05) is 13.8 Å². The summed E-state index contributed by atoms with van der Waals surface area (Å²) in [6.45, 7) is 6.19. The van der Waals surface area contributed by atoms with Gasteiger partial charge in [-0.2, -0.15) is 0 Å². The number of anilines is 2. The Bertz CT molecular complexity index is 995. The maximum absolute atomic E-state index is 12.9. The second-order valence-corrected chi connectivity index (χ2v) is 7.02. The lowest BCUT2D eigenvalue weighted by Gasteiger charge is -2.27. The average molecular weight is 402 g/mol. The molecule has 29 heavy (non-hydrogen) atoms. The Balaban J connectivity index is 2.32. The van der Waals surface area contributed by atoms with Crippen LogP contribution in [-0.2, 0) is 9.53 Å². The molecule has 1 saturated heterocycles. The van der Waals surface area contributed by atoms with Crippen LogP contribution in [0.4, 0.5) is 11.4 Å². The van der Waals surface area contributed by atoms with Gasteiger partial charge in [-0.05, 0) is 25.3 Å². The van der Waals surface area contributed by atoms with Crippen LogP contribution in [0.2, 0.25) is 0 Å². The molecule has 0 aliphatic carbocycles. The van der Waals surface area contributed by atoms with E-state index in [4.69, 9.17) is 0 Å². The van der Waals surface area contributed by atoms with E-state index in [1.807, 2.05) is 6.07 Å². The van der Waals surface area contributed by atoms with Crippen LogP contribution in [0.3, 0.4) is 0 Å². The largest absolute Gasteiger partial charge is 0.501 e. The molecule has 1 aliphatic heterocycles. The Hall–Kier alpha value is -3.10. The van der Waals surface area contributed by atoms with E-state index in [1.54, 1.807) is 11.1 Å². The first-order valence-electron chi connectivity index (χ1n) is 9.85. The van der Waals surface area contributed by atoms with E-state index in [-0.39, 0.29) is 11.6 Å². The van der Waals surface area contributed by atoms with Crippen molar-refractivity contribution >= 4 is 28.9 Å². The quantitative estimate of drug-likeness (QED) is 0.706. The molecule has 9 nitrogen and oxygen atoms in total. The normalized spacial score (nSPS) is 13.9. The number of amides is 1. The summed E-state index contributed by atoms with van der Waals surface area (Å²) >= 11 is 0. The summed E-state index contributed by atoms with van der Waals surface area (Å²) in [5.41, 5.74) is 0.102. The number of hydrogen-bond donors (Lipinski definition) is 1. The van der Waals surface area contributed by atoms with Gasteiger partial charge in [0.2, 0.25) is 11.7 Å². The van der Waals surface area contributed by atoms with Crippen molar-refractivity contribution in [1.82, 2.24) is 9.38 Å². The molecule has 9 heteroatoms. The molecule has 0 saturated carbocycles. The van der Waals surface area contributed by atoms with Crippen LogP contribution in [0, 0.1) is 0 Å². The lowest BCUT2D eigenvalue weighted by molar-refractivity contribution is -0.117. The lowest BCUT2D eigenvalue weighted by atomic mass is 10.2. The molecule has 1 aliphatic rings. The summed E-state index contributed by atoms with van der Waals surface area (Å²) in [5, 5.41) is 10.3. The molecular formula is C20H26N4O5. The van der Waals surface area contributed by atoms with Crippen LogP contribution in [0.5, 0.6) is 5.75 Å². The van der Waals surface area contributed by atoms with Crippen LogP contribution in [0.1, 0.15) is 50.0 Å². The minimum atomic E-state index is -0.913. The van der Waals surface area contributed by atoms with Gasteiger partial charge in [0.1, 0.15) is 0 Å². The fourth-order valence-corrected chi connectivity index (χ4v) is 3.62. The van der Waals surface area contributed by atoms with Gasteiger partial charge in [0.05, 0.1) is 18.5 Å². The van der Waals surface area contributed by atoms with Gasteiger partial charge in [0, 0.05) is 32.3 Å². The Morgan fingerprint density at radius 2 is 1.97 bits per heavy atom. The molecule has 0 unspecified atom stereocenters. The van der Waals surface area contributed by atoms with Crippen LogP contribution in [-0.4, -0.2) is 53.1 Å². The Morgan fingerprint density at radius 3 is 2.52 bits per heavy atom. The fourth-order valence-electron chi connectivity index (χ4n) is 3.62. The molecule has 1 fully saturated rings. The number of nitrogens with zero attached hydrogens (tertiary/aromatic N) is 4. The standard InChI is InChI=1S/C20H26N4O5/c1-4-8-22(9-5-2)13-11-14(23-10-6-7-15(23)25)18-21-16(20(28)29-3)17(26)19(27)24(18)12-13/h11-12,26H,4-10H2,1-3H3. The lowest BCUT2D eigenvalue weighted by Crippen LogP contribution is -2.30. The summed E-state index contributed by atoms with van der Waals surface area (Å²) in [6.07, 6.45) is 4.54. The number of fused-ring (bicyclic) bond motifs is 1. The van der Waals surface area contributed by atoms with Crippen LogP contribution in [0.25, 0.3) is 5.65 Å². The Morgan fingerprint density at radius 1 is 1.28 bits per heavy atom. The van der Waals surface area contributed by atoms with Crippen molar-refractivity contribution in [3.05, 3.63) is 28.3 Å². The van der Waals surface area contributed by atoms with Crippen molar-refractivity contribution in [2.24, 2.45) is 0 Å². The van der Waals surface area contributed by atoms with Crippen LogP contribution in [0.15, 0.2) is 17.1 Å². The van der Waals surface area contributed by atoms with Crippen molar-refractivity contribution in [2.45, 2.75) is 39.5 Å². The number of ether oxygens (including phenoxy) is 1. The van der Waals surface area contributed by atoms with Crippen LogP contribution < -0.4 is 15.4 Å². The number of aromatic hydroxyl groups is 1. The van der Waals surface area contributed by atoms with Gasteiger partial charge in [-0.3, -0.25) is 14.0 Å². The number of aromatic nitrogens is 2. The predicted octanol–water partition coefficient (Wildman–Crippen LogP) is 1.94. The number of rotatable bonds is 7. The maximum atomic E-state index is 12.9. The second kappa shape index (κ2) is 8.50. The van der Waals surface area contributed by atoms with E-state index in [0.29, 0.717) is 25.1 Å². The predicted molar refractivity (Wildman–Crippen MR) is 109 cm³/mol. The summed E-state index contributed by atoms with van der Waals surface area (Å²) < 4.78 is 5.84. The molecule has 0 aromatic carbocycles. The van der Waals surface area contributed by atoms with E-state index in [1.165, 1.54) is 4.40 Å². The second-order valence-electron chi connectivity index (χ2n) is 7.02. The van der Waals surface area contributed by atoms with Gasteiger partial charge in [0.15, 0.2) is 11.3 Å². The van der Waals surface area contributed by atoms with Gasteiger partial charge >= 0.3 is 11.5 Å². The fraction of sp³-hybridized carbons (Fsp3) is 0.500. The summed E-state index contributed by atoms with van der Waals surface area (Å²) in [6, 6.07) is 1.83. The Kier molecular flexibility index (Phi) is 6.05. The summed E-state index contributed by atoms with van der Waals surface area (Å²) in [5.74, 6) is -1.75. The molecule has 0 radical (unpaired) electrons. The molecule has 2 aromatic rings. The summed E-state index contributed by atoms with van der Waals surface area (Å²) in [4.78, 5) is 45.2. The molecule has 156 valence electrons. The van der Waals surface area contributed by atoms with E-state index in [9.17, 15) is 19.5 Å². The Labute approximate surface area is 168 Å². The van der Waals surface area contributed by atoms with Gasteiger partial charge in [-0.25, -0.2) is 9.78 Å². The van der Waals surface area contributed by atoms with Gasteiger partial charge in [-0.15, -0.1) is 0 Å². The first-order chi connectivity index (χ1) is 13.9. The number of carbonyl (C=O) groups excluding carboxylic acids is 2. The minimum Gasteiger partial charge on any atom is -0.501 e. The molecule has 0 spiro atoms.